The Morgan fingerprint density at radius 3 is 2.82 bits per heavy atom. The molecule has 0 spiro atoms. The number of fused-ring (bicyclic) bond motifs is 1. The number of hydrogen-bond donors (Lipinski definition) is 3. The highest BCUT2D eigenvalue weighted by atomic mass is 16.4. The molecule has 2 aromatic rings. The van der Waals surface area contributed by atoms with Crippen LogP contribution in [0.25, 0.3) is 5.65 Å². The van der Waals surface area contributed by atoms with Gasteiger partial charge in [0.1, 0.15) is 11.6 Å². The Morgan fingerprint density at radius 2 is 2.18 bits per heavy atom. The first-order chi connectivity index (χ1) is 10.6. The molecule has 0 saturated heterocycles. The summed E-state index contributed by atoms with van der Waals surface area (Å²) < 4.78 is 1.44. The monoisotopic (exact) mass is 306 g/mol. The van der Waals surface area contributed by atoms with Crippen LogP contribution in [-0.4, -0.2) is 49.3 Å². The van der Waals surface area contributed by atoms with E-state index < -0.39 is 17.9 Å². The molecule has 8 heteroatoms. The fraction of sp³-hybridized carbons (Fsp3) is 0.429. The summed E-state index contributed by atoms with van der Waals surface area (Å²) in [7, 11) is 0. The van der Waals surface area contributed by atoms with Crippen LogP contribution in [-0.2, 0) is 11.2 Å². The highest BCUT2D eigenvalue weighted by Gasteiger charge is 2.22. The molecule has 0 radical (unpaired) electrons. The summed E-state index contributed by atoms with van der Waals surface area (Å²) in [6.45, 7) is 1.85. The SMILES string of the molecule is CCC[C@@H](NC(=O)c1cnn2cc(CCO)cnc12)C(=O)O. The average Bonchev–Trinajstić information content (AvgIpc) is 2.90. The van der Waals surface area contributed by atoms with Crippen molar-refractivity contribution in [1.29, 1.82) is 0 Å². The Hall–Kier alpha value is -2.48. The number of carboxylic acids is 1. The second kappa shape index (κ2) is 6.99. The van der Waals surface area contributed by atoms with Crippen molar-refractivity contribution in [2.24, 2.45) is 0 Å². The maximum atomic E-state index is 12.2. The van der Waals surface area contributed by atoms with Gasteiger partial charge in [-0.15, -0.1) is 0 Å². The molecule has 0 saturated carbocycles. The maximum Gasteiger partial charge on any atom is 0.326 e. The van der Waals surface area contributed by atoms with Gasteiger partial charge in [0.2, 0.25) is 0 Å². The number of amides is 1. The van der Waals surface area contributed by atoms with Crippen molar-refractivity contribution in [3.63, 3.8) is 0 Å². The lowest BCUT2D eigenvalue weighted by molar-refractivity contribution is -0.139. The van der Waals surface area contributed by atoms with Crippen molar-refractivity contribution in [1.82, 2.24) is 19.9 Å². The van der Waals surface area contributed by atoms with Gasteiger partial charge in [0.15, 0.2) is 5.65 Å². The summed E-state index contributed by atoms with van der Waals surface area (Å²) in [4.78, 5) is 27.5. The fourth-order valence-corrected chi connectivity index (χ4v) is 2.11. The number of carboxylic acid groups (broad SMARTS) is 1. The molecule has 3 N–H and O–H groups in total. The molecule has 0 aliphatic heterocycles. The van der Waals surface area contributed by atoms with Gasteiger partial charge < -0.3 is 15.5 Å². The average molecular weight is 306 g/mol. The molecule has 0 fully saturated rings. The molecule has 2 rings (SSSR count). The number of aromatic nitrogens is 3. The Labute approximate surface area is 126 Å². The van der Waals surface area contributed by atoms with Crippen LogP contribution in [0.1, 0.15) is 35.7 Å². The smallest absolute Gasteiger partial charge is 0.326 e. The van der Waals surface area contributed by atoms with E-state index in [1.54, 1.807) is 12.4 Å². The van der Waals surface area contributed by atoms with E-state index >= 15 is 0 Å². The number of aliphatic hydroxyl groups excluding tert-OH is 1. The molecular formula is C14H18N4O4. The van der Waals surface area contributed by atoms with Crippen LogP contribution in [0.2, 0.25) is 0 Å². The van der Waals surface area contributed by atoms with E-state index in [9.17, 15) is 9.59 Å². The number of nitrogens with zero attached hydrogens (tertiary/aromatic N) is 3. The first kappa shape index (κ1) is 15.9. The van der Waals surface area contributed by atoms with E-state index in [1.807, 2.05) is 6.92 Å². The van der Waals surface area contributed by atoms with E-state index in [-0.39, 0.29) is 12.2 Å². The molecule has 0 aromatic carbocycles. The molecule has 1 amide bonds. The molecule has 0 unspecified atom stereocenters. The van der Waals surface area contributed by atoms with Crippen molar-refractivity contribution in [2.45, 2.75) is 32.2 Å². The Morgan fingerprint density at radius 1 is 1.41 bits per heavy atom. The van der Waals surface area contributed by atoms with Crippen LogP contribution in [0.15, 0.2) is 18.6 Å². The molecule has 0 aliphatic carbocycles. The summed E-state index contributed by atoms with van der Waals surface area (Å²) in [6, 6.07) is -0.930. The normalized spacial score (nSPS) is 12.3. The summed E-state index contributed by atoms with van der Waals surface area (Å²) in [5, 5.41) is 24.5. The quantitative estimate of drug-likeness (QED) is 0.675. The Balaban J connectivity index is 2.23. The van der Waals surface area contributed by atoms with E-state index in [0.29, 0.717) is 24.9 Å². The standard InChI is InChI=1S/C14H18N4O4/c1-2-3-11(14(21)22)17-13(20)10-7-16-18-8-9(4-5-19)6-15-12(10)18/h6-8,11,19H,2-5H2,1H3,(H,17,20)(H,21,22)/t11-/m1/s1. The minimum Gasteiger partial charge on any atom is -0.480 e. The zero-order chi connectivity index (χ0) is 16.1. The third-order valence-corrected chi connectivity index (χ3v) is 3.24. The van der Waals surface area contributed by atoms with Crippen LogP contribution < -0.4 is 5.32 Å². The fourth-order valence-electron chi connectivity index (χ4n) is 2.11. The van der Waals surface area contributed by atoms with Gasteiger partial charge in [-0.05, 0) is 18.4 Å². The second-order valence-corrected chi connectivity index (χ2v) is 4.92. The minimum absolute atomic E-state index is 0.000885. The van der Waals surface area contributed by atoms with Crippen LogP contribution in [0.5, 0.6) is 0 Å². The first-order valence-electron chi connectivity index (χ1n) is 7.03. The zero-order valence-electron chi connectivity index (χ0n) is 12.2. The predicted octanol–water partition coefficient (Wildman–Crippen LogP) is 0.247. The lowest BCUT2D eigenvalue weighted by Crippen LogP contribution is -2.40. The highest BCUT2D eigenvalue weighted by Crippen LogP contribution is 2.10. The van der Waals surface area contributed by atoms with Gasteiger partial charge in [-0.3, -0.25) is 4.79 Å². The molecule has 118 valence electrons. The van der Waals surface area contributed by atoms with Gasteiger partial charge in [0, 0.05) is 19.0 Å². The third-order valence-electron chi connectivity index (χ3n) is 3.24. The molecule has 0 bridgehead atoms. The molecule has 2 heterocycles. The third kappa shape index (κ3) is 3.40. The Kier molecular flexibility index (Phi) is 5.05. The van der Waals surface area contributed by atoms with Gasteiger partial charge in [-0.1, -0.05) is 13.3 Å². The summed E-state index contributed by atoms with van der Waals surface area (Å²) in [5.74, 6) is -1.58. The number of aliphatic carboxylic acids is 1. The van der Waals surface area contributed by atoms with E-state index in [4.69, 9.17) is 10.2 Å². The van der Waals surface area contributed by atoms with Crippen molar-refractivity contribution >= 4 is 17.5 Å². The molecular weight excluding hydrogens is 288 g/mol. The highest BCUT2D eigenvalue weighted by molar-refractivity contribution is 6.01. The predicted molar refractivity (Wildman–Crippen MR) is 77.6 cm³/mol. The first-order valence-corrected chi connectivity index (χ1v) is 7.03. The molecule has 0 aliphatic rings. The molecule has 22 heavy (non-hydrogen) atoms. The van der Waals surface area contributed by atoms with E-state index in [2.05, 4.69) is 15.4 Å². The second-order valence-electron chi connectivity index (χ2n) is 4.92. The minimum atomic E-state index is -1.06. The summed E-state index contributed by atoms with van der Waals surface area (Å²) in [6.07, 6.45) is 6.04. The number of carbonyl (C=O) groups is 2. The zero-order valence-corrected chi connectivity index (χ0v) is 12.2. The van der Waals surface area contributed by atoms with Gasteiger partial charge in [-0.2, -0.15) is 5.10 Å². The number of nitrogens with one attached hydrogen (secondary N) is 1. The van der Waals surface area contributed by atoms with Crippen molar-refractivity contribution in [2.75, 3.05) is 6.61 Å². The maximum absolute atomic E-state index is 12.2. The van der Waals surface area contributed by atoms with Gasteiger partial charge in [-0.25, -0.2) is 14.3 Å². The molecule has 1 atom stereocenters. The lowest BCUT2D eigenvalue weighted by Gasteiger charge is -2.12. The van der Waals surface area contributed by atoms with E-state index in [1.165, 1.54) is 10.7 Å². The van der Waals surface area contributed by atoms with Gasteiger partial charge in [0.05, 0.1) is 6.20 Å². The lowest BCUT2D eigenvalue weighted by atomic mass is 10.1. The Bertz CT molecular complexity index is 683. The van der Waals surface area contributed by atoms with Crippen LogP contribution >= 0.6 is 0 Å². The number of rotatable bonds is 7. The number of carbonyl (C=O) groups excluding carboxylic acids is 1. The van der Waals surface area contributed by atoms with Crippen molar-refractivity contribution in [3.8, 4) is 0 Å². The topological polar surface area (TPSA) is 117 Å². The number of hydrogen-bond acceptors (Lipinski definition) is 5. The summed E-state index contributed by atoms with van der Waals surface area (Å²) in [5.41, 5.74) is 1.36. The van der Waals surface area contributed by atoms with E-state index in [0.717, 1.165) is 5.56 Å². The van der Waals surface area contributed by atoms with Gasteiger partial charge in [0.25, 0.3) is 5.91 Å². The summed E-state index contributed by atoms with van der Waals surface area (Å²) >= 11 is 0. The van der Waals surface area contributed by atoms with Crippen LogP contribution in [0, 0.1) is 0 Å². The van der Waals surface area contributed by atoms with Crippen molar-refractivity contribution < 1.29 is 19.8 Å². The van der Waals surface area contributed by atoms with Crippen LogP contribution in [0.3, 0.4) is 0 Å². The molecule has 8 nitrogen and oxygen atoms in total. The van der Waals surface area contributed by atoms with Gasteiger partial charge >= 0.3 is 5.97 Å². The van der Waals surface area contributed by atoms with Crippen LogP contribution in [0.4, 0.5) is 0 Å². The number of aliphatic hydroxyl groups is 1. The molecule has 2 aromatic heterocycles. The van der Waals surface area contributed by atoms with Crippen molar-refractivity contribution in [3.05, 3.63) is 29.7 Å². The largest absolute Gasteiger partial charge is 0.480 e.